The quantitative estimate of drug-likeness (QED) is 0.0377. The molecule has 11 rings (SSSR count). The molecule has 0 atom stereocenters. The molecule has 0 unspecified atom stereocenters. The molecule has 0 amide bonds. The molecule has 0 N–H and O–H groups in total. The van der Waals surface area contributed by atoms with Gasteiger partial charge in [-0.05, 0) is 122 Å². The number of fused-ring (bicyclic) bond motifs is 2. The molecule has 0 bridgehead atoms. The molecule has 0 spiro atoms. The Hall–Kier alpha value is -7.93. The van der Waals surface area contributed by atoms with Crippen LogP contribution < -0.4 is 9.47 Å². The van der Waals surface area contributed by atoms with Gasteiger partial charge in [0.2, 0.25) is 0 Å². The lowest BCUT2D eigenvalue weighted by atomic mass is 9.88. The van der Waals surface area contributed by atoms with Crippen LogP contribution in [0.1, 0.15) is 66.5 Å². The number of carbonyl (C=O) groups is 4. The standard InChI is InChI=1S/C34H34F2N4O4.C26H18ClF2N3O3/c35-25-7-4-23(5-8-25)20-30(41)34(11-12-34)31(42)21-24-6-9-28(27(36)19-24)44-29-10-13-37-33-32(29)39-26(22-38-33)3-1-2-14-40-15-17-43-18-16-40;27-23-14-31-25-24(32-23)20(7-10-30-25)35-19-6-3-16(11-18(19)29)13-22(34)26(8-9-26)21(33)12-15-1-4-17(28)5-2-15/h4-10,13,19,22H,1-3,11-12,14-18,20-21H2;1-7,10-11,14H,8-9,12-13H2. The maximum atomic E-state index is 15.2. The van der Waals surface area contributed by atoms with E-state index in [2.05, 4.69) is 29.8 Å². The molecule has 2 aliphatic carbocycles. The van der Waals surface area contributed by atoms with E-state index >= 15 is 4.39 Å². The first-order valence-electron chi connectivity index (χ1n) is 26.0. The van der Waals surface area contributed by atoms with Crippen LogP contribution in [0.3, 0.4) is 0 Å². The molecule has 4 aromatic carbocycles. The Balaban J connectivity index is 0.000000183. The van der Waals surface area contributed by atoms with E-state index in [0.29, 0.717) is 70.5 Å². The summed E-state index contributed by atoms with van der Waals surface area (Å²) in [6.45, 7) is 4.53. The molecule has 404 valence electrons. The van der Waals surface area contributed by atoms with Gasteiger partial charge >= 0.3 is 0 Å². The zero-order chi connectivity index (χ0) is 55.1. The Morgan fingerprint density at radius 1 is 0.532 bits per heavy atom. The number of hydrogen-bond donors (Lipinski definition) is 0. The van der Waals surface area contributed by atoms with Gasteiger partial charge in [-0.15, -0.1) is 0 Å². The number of rotatable bonds is 21. The Labute approximate surface area is 456 Å². The molecule has 0 radical (unpaired) electrons. The number of ether oxygens (including phenoxy) is 3. The third kappa shape index (κ3) is 13.2. The fraction of sp³-hybridized carbons (Fsp3) is 0.300. The lowest BCUT2D eigenvalue weighted by Crippen LogP contribution is -2.36. The van der Waals surface area contributed by atoms with E-state index in [1.807, 2.05) is 0 Å². The van der Waals surface area contributed by atoms with Crippen LogP contribution >= 0.6 is 11.6 Å². The van der Waals surface area contributed by atoms with E-state index in [1.165, 1.54) is 85.3 Å². The number of carbonyl (C=O) groups excluding carboxylic acids is 4. The number of benzene rings is 4. The number of pyridine rings is 2. The lowest BCUT2D eigenvalue weighted by molar-refractivity contribution is -0.135. The van der Waals surface area contributed by atoms with Gasteiger partial charge in [0.1, 0.15) is 16.8 Å². The molecule has 3 aliphatic rings. The normalized spacial score (nSPS) is 15.2. The molecule has 2 saturated carbocycles. The van der Waals surface area contributed by atoms with E-state index in [9.17, 15) is 32.3 Å². The van der Waals surface area contributed by atoms with E-state index in [0.717, 1.165) is 57.8 Å². The number of ketones is 4. The average Bonchev–Trinajstić information content (AvgIpc) is 4.52. The van der Waals surface area contributed by atoms with Crippen molar-refractivity contribution in [2.45, 2.75) is 70.6 Å². The van der Waals surface area contributed by atoms with Gasteiger partial charge in [0, 0.05) is 63.3 Å². The lowest BCUT2D eigenvalue weighted by Gasteiger charge is -2.26. The van der Waals surface area contributed by atoms with Crippen molar-refractivity contribution >= 4 is 57.1 Å². The number of aryl methyl sites for hydroxylation is 1. The number of hydrogen-bond acceptors (Lipinski definition) is 14. The van der Waals surface area contributed by atoms with Crippen molar-refractivity contribution in [1.29, 1.82) is 0 Å². The van der Waals surface area contributed by atoms with Crippen LogP contribution in [0, 0.1) is 34.1 Å². The maximum absolute atomic E-state index is 15.2. The minimum absolute atomic E-state index is 0.0139. The van der Waals surface area contributed by atoms with Gasteiger partial charge in [-0.25, -0.2) is 47.5 Å². The molecule has 8 aromatic rings. The number of morpholine rings is 1. The first-order valence-corrected chi connectivity index (χ1v) is 26.3. The topological polar surface area (TPSA) is 177 Å². The van der Waals surface area contributed by atoms with E-state index in [4.69, 9.17) is 30.8 Å². The summed E-state index contributed by atoms with van der Waals surface area (Å²) >= 11 is 5.91. The van der Waals surface area contributed by atoms with E-state index in [-0.39, 0.29) is 88.4 Å². The monoisotopic (exact) mass is 1090 g/mol. The molecule has 4 aromatic heterocycles. The summed E-state index contributed by atoms with van der Waals surface area (Å²) in [5, 5.41) is 0.146. The van der Waals surface area contributed by atoms with Crippen molar-refractivity contribution < 1.29 is 51.0 Å². The Morgan fingerprint density at radius 2 is 0.975 bits per heavy atom. The van der Waals surface area contributed by atoms with Crippen molar-refractivity contribution in [3.8, 4) is 23.0 Å². The summed E-state index contributed by atoms with van der Waals surface area (Å²) in [4.78, 5) is 80.1. The van der Waals surface area contributed by atoms with Crippen molar-refractivity contribution in [1.82, 2.24) is 34.8 Å². The van der Waals surface area contributed by atoms with Crippen LogP contribution in [0.4, 0.5) is 17.6 Å². The van der Waals surface area contributed by atoms with Gasteiger partial charge in [-0.2, -0.15) is 0 Å². The third-order valence-electron chi connectivity index (χ3n) is 14.5. The second-order valence-electron chi connectivity index (χ2n) is 20.0. The van der Waals surface area contributed by atoms with Crippen LogP contribution in [0.25, 0.3) is 22.3 Å². The molecule has 14 nitrogen and oxygen atoms in total. The molecular formula is C60H52ClF4N7O7. The average molecular weight is 1090 g/mol. The second kappa shape index (κ2) is 24.0. The smallest absolute Gasteiger partial charge is 0.182 e. The van der Waals surface area contributed by atoms with Gasteiger partial charge in [0.25, 0.3) is 0 Å². The Kier molecular flexibility index (Phi) is 16.5. The van der Waals surface area contributed by atoms with Crippen LogP contribution in [0.15, 0.2) is 122 Å². The fourth-order valence-corrected chi connectivity index (χ4v) is 9.70. The number of nitrogens with zero attached hydrogens (tertiary/aromatic N) is 7. The van der Waals surface area contributed by atoms with Crippen LogP contribution in [0.2, 0.25) is 5.15 Å². The zero-order valence-electron chi connectivity index (χ0n) is 42.7. The van der Waals surface area contributed by atoms with Gasteiger partial charge < -0.3 is 14.2 Å². The van der Waals surface area contributed by atoms with E-state index < -0.39 is 22.5 Å². The highest BCUT2D eigenvalue weighted by molar-refractivity contribution is 6.29. The zero-order valence-corrected chi connectivity index (χ0v) is 43.5. The van der Waals surface area contributed by atoms with Gasteiger partial charge in [0.05, 0.1) is 42.1 Å². The Bertz CT molecular complexity index is 3580. The predicted octanol–water partition coefficient (Wildman–Crippen LogP) is 10.9. The molecule has 5 heterocycles. The molecule has 3 fully saturated rings. The number of halogens is 5. The third-order valence-corrected chi connectivity index (χ3v) is 14.6. The van der Waals surface area contributed by atoms with Crippen LogP contribution in [-0.4, -0.2) is 90.8 Å². The number of aromatic nitrogens is 6. The van der Waals surface area contributed by atoms with Gasteiger partial charge in [-0.1, -0.05) is 48.0 Å². The largest absolute Gasteiger partial charge is 0.452 e. The molecule has 1 aliphatic heterocycles. The summed E-state index contributed by atoms with van der Waals surface area (Å²) in [6, 6.07) is 23.1. The first-order chi connectivity index (χ1) is 38.2. The summed E-state index contributed by atoms with van der Waals surface area (Å²) in [7, 11) is 0. The summed E-state index contributed by atoms with van der Waals surface area (Å²) in [6.07, 6.45) is 10.7. The van der Waals surface area contributed by atoms with Crippen LogP contribution in [-0.2, 0) is 56.0 Å². The highest BCUT2D eigenvalue weighted by Gasteiger charge is 2.55. The minimum atomic E-state index is -1.05. The van der Waals surface area contributed by atoms with Crippen LogP contribution in [0.5, 0.6) is 23.0 Å². The highest BCUT2D eigenvalue weighted by atomic mass is 35.5. The molecule has 1 saturated heterocycles. The number of Topliss-reactive ketones (excluding diaryl/α,β-unsaturated/α-hetero) is 4. The maximum Gasteiger partial charge on any atom is 0.182 e. The van der Waals surface area contributed by atoms with Crippen molar-refractivity contribution in [2.24, 2.45) is 10.8 Å². The minimum Gasteiger partial charge on any atom is -0.452 e. The summed E-state index contributed by atoms with van der Waals surface area (Å²) < 4.78 is 73.4. The van der Waals surface area contributed by atoms with Crippen molar-refractivity contribution in [3.05, 3.63) is 178 Å². The second-order valence-corrected chi connectivity index (χ2v) is 20.4. The Morgan fingerprint density at radius 3 is 1.44 bits per heavy atom. The molecule has 79 heavy (non-hydrogen) atoms. The van der Waals surface area contributed by atoms with Gasteiger partial charge in [-0.3, -0.25) is 24.1 Å². The first kappa shape index (κ1) is 54.4. The van der Waals surface area contributed by atoms with Crippen molar-refractivity contribution in [3.63, 3.8) is 0 Å². The summed E-state index contributed by atoms with van der Waals surface area (Å²) in [5.41, 5.74) is 2.36. The molecular weight excluding hydrogens is 1040 g/mol. The van der Waals surface area contributed by atoms with Crippen molar-refractivity contribution in [2.75, 3.05) is 32.8 Å². The van der Waals surface area contributed by atoms with Gasteiger partial charge in [0.15, 0.2) is 80.1 Å². The summed E-state index contributed by atoms with van der Waals surface area (Å²) in [5.74, 6) is -2.43. The molecule has 19 heteroatoms. The predicted molar refractivity (Wildman–Crippen MR) is 284 cm³/mol. The fourth-order valence-electron chi connectivity index (χ4n) is 9.57. The SMILES string of the molecule is O=C(Cc1ccc(F)cc1)C1(C(=O)Cc2ccc(Oc3ccnc4ncc(CCCCN5CCOCC5)nc34)c(F)c2)CC1.O=C(Cc1ccc(F)cc1)C1(C(=O)Cc2ccc(Oc3ccnc4ncc(Cl)nc34)c(F)c2)CC1. The number of unbranched alkanes of at least 4 members (excludes halogenated alkanes) is 1. The highest BCUT2D eigenvalue weighted by Crippen LogP contribution is 2.50. The van der Waals surface area contributed by atoms with E-state index in [1.54, 1.807) is 36.5 Å².